The molecule has 1 aromatic rings. The number of pyridine rings is 1. The molecule has 0 spiro atoms. The van der Waals surface area contributed by atoms with E-state index in [1.54, 1.807) is 12.4 Å². The van der Waals surface area contributed by atoms with E-state index < -0.39 is 0 Å². The lowest BCUT2D eigenvalue weighted by Crippen LogP contribution is -2.00. The molecule has 1 aliphatic heterocycles. The maximum atomic E-state index is 4.06. The first-order valence-electron chi connectivity index (χ1n) is 3.86. The van der Waals surface area contributed by atoms with E-state index in [9.17, 15) is 0 Å². The van der Waals surface area contributed by atoms with Crippen molar-refractivity contribution < 1.29 is 0 Å². The first kappa shape index (κ1) is 7.16. The molecule has 1 aliphatic rings. The highest BCUT2D eigenvalue weighted by molar-refractivity contribution is 6.14. The Balaban J connectivity index is 2.25. The summed E-state index contributed by atoms with van der Waals surface area (Å²) in [7, 11) is 0. The van der Waals surface area contributed by atoms with Gasteiger partial charge >= 0.3 is 0 Å². The average Bonchev–Trinajstić information content (AvgIpc) is 2.54. The molecule has 0 unspecified atom stereocenters. The zero-order valence-electron chi connectivity index (χ0n) is 6.86. The molecule has 2 rings (SSSR count). The van der Waals surface area contributed by atoms with Crippen LogP contribution < -0.4 is 0 Å². The van der Waals surface area contributed by atoms with Gasteiger partial charge in [0.15, 0.2) is 0 Å². The van der Waals surface area contributed by atoms with Crippen LogP contribution in [0.2, 0.25) is 0 Å². The lowest BCUT2D eigenvalue weighted by atomic mass is 10.1. The van der Waals surface area contributed by atoms with Crippen molar-refractivity contribution in [2.45, 2.75) is 13.3 Å². The second-order valence-electron chi connectivity index (χ2n) is 2.79. The van der Waals surface area contributed by atoms with Crippen LogP contribution in [0.3, 0.4) is 0 Å². The number of hydrogen-bond donors (Lipinski definition) is 0. The average molecular weight is 159 g/mol. The molecule has 0 bridgehead atoms. The molecule has 0 saturated heterocycles. The van der Waals surface area contributed by atoms with Gasteiger partial charge in [-0.25, -0.2) is 0 Å². The van der Waals surface area contributed by atoms with E-state index in [2.05, 4.69) is 15.2 Å². The molecule has 0 atom stereocenters. The molecule has 3 heteroatoms. The van der Waals surface area contributed by atoms with Crippen LogP contribution in [0.1, 0.15) is 18.9 Å². The van der Waals surface area contributed by atoms with Crippen LogP contribution in [0, 0.1) is 0 Å². The molecule has 0 saturated carbocycles. The lowest BCUT2D eigenvalue weighted by Gasteiger charge is -1.96. The minimum Gasteiger partial charge on any atom is -0.265 e. The first-order valence-corrected chi connectivity index (χ1v) is 3.86. The van der Waals surface area contributed by atoms with Crippen molar-refractivity contribution in [2.75, 3.05) is 0 Å². The minimum absolute atomic E-state index is 0.865. The van der Waals surface area contributed by atoms with Gasteiger partial charge in [-0.3, -0.25) is 4.98 Å². The normalized spacial score (nSPS) is 15.8. The molecule has 0 amide bonds. The molecule has 0 fully saturated rings. The van der Waals surface area contributed by atoms with Gasteiger partial charge < -0.3 is 0 Å². The van der Waals surface area contributed by atoms with Crippen molar-refractivity contribution in [1.29, 1.82) is 0 Å². The van der Waals surface area contributed by atoms with Gasteiger partial charge in [0.1, 0.15) is 0 Å². The quantitative estimate of drug-likeness (QED) is 0.613. The number of hydrogen-bond acceptors (Lipinski definition) is 3. The molecule has 1 aromatic heterocycles. The van der Waals surface area contributed by atoms with Gasteiger partial charge in [-0.15, -0.1) is 0 Å². The maximum Gasteiger partial charge on any atom is 0.0760 e. The molecule has 0 radical (unpaired) electrons. The topological polar surface area (TPSA) is 37.6 Å². The third-order valence-electron chi connectivity index (χ3n) is 1.78. The Morgan fingerprint density at radius 2 is 1.92 bits per heavy atom. The predicted molar refractivity (Wildman–Crippen MR) is 48.5 cm³/mol. The summed E-state index contributed by atoms with van der Waals surface area (Å²) in [6.07, 6.45) is 4.40. The van der Waals surface area contributed by atoms with E-state index in [0.29, 0.717) is 0 Å². The van der Waals surface area contributed by atoms with Crippen molar-refractivity contribution in [3.63, 3.8) is 0 Å². The summed E-state index contributed by atoms with van der Waals surface area (Å²) < 4.78 is 0. The van der Waals surface area contributed by atoms with Crippen molar-refractivity contribution in [3.8, 4) is 0 Å². The fourth-order valence-electron chi connectivity index (χ4n) is 1.16. The fraction of sp³-hybridized carbons (Fsp3) is 0.222. The second kappa shape index (κ2) is 2.85. The number of aromatic nitrogens is 1. The molecule has 0 aliphatic carbocycles. The molecule has 60 valence electrons. The number of nitrogens with zero attached hydrogens (tertiary/aromatic N) is 3. The highest BCUT2D eigenvalue weighted by Crippen LogP contribution is 2.09. The predicted octanol–water partition coefficient (Wildman–Crippen LogP) is 1.65. The summed E-state index contributed by atoms with van der Waals surface area (Å²) in [4.78, 5) is 3.94. The molecular formula is C9H9N3. The Morgan fingerprint density at radius 1 is 1.17 bits per heavy atom. The highest BCUT2D eigenvalue weighted by Gasteiger charge is 2.09. The maximum absolute atomic E-state index is 4.06. The summed E-state index contributed by atoms with van der Waals surface area (Å²) in [5.41, 5.74) is 3.22. The molecule has 12 heavy (non-hydrogen) atoms. The van der Waals surface area contributed by atoms with Gasteiger partial charge in [-0.05, 0) is 19.1 Å². The van der Waals surface area contributed by atoms with Crippen LogP contribution in [0.5, 0.6) is 0 Å². The van der Waals surface area contributed by atoms with Crippen LogP contribution in [0.15, 0.2) is 34.7 Å². The van der Waals surface area contributed by atoms with E-state index in [1.807, 2.05) is 19.1 Å². The van der Waals surface area contributed by atoms with Crippen molar-refractivity contribution >= 4 is 11.4 Å². The van der Waals surface area contributed by atoms with Crippen LogP contribution in [0.25, 0.3) is 0 Å². The van der Waals surface area contributed by atoms with E-state index in [1.165, 1.54) is 0 Å². The zero-order chi connectivity index (χ0) is 8.39. The molecule has 0 N–H and O–H groups in total. The van der Waals surface area contributed by atoms with Crippen LogP contribution in [-0.2, 0) is 0 Å². The van der Waals surface area contributed by atoms with Crippen molar-refractivity contribution in [3.05, 3.63) is 30.1 Å². The Morgan fingerprint density at radius 3 is 2.50 bits per heavy atom. The molecular weight excluding hydrogens is 150 g/mol. The van der Waals surface area contributed by atoms with Gasteiger partial charge in [-0.2, -0.15) is 10.2 Å². The summed E-state index contributed by atoms with van der Waals surface area (Å²) in [6.45, 7) is 1.98. The van der Waals surface area contributed by atoms with Gasteiger partial charge in [0.2, 0.25) is 0 Å². The SMILES string of the molecule is CC1=NN=C(c2ccncc2)C1. The van der Waals surface area contributed by atoms with Gasteiger partial charge in [0, 0.05) is 30.1 Å². The lowest BCUT2D eigenvalue weighted by molar-refractivity contribution is 1.26. The van der Waals surface area contributed by atoms with E-state index in [4.69, 9.17) is 0 Å². The van der Waals surface area contributed by atoms with E-state index >= 15 is 0 Å². The Hall–Kier alpha value is -1.51. The standard InChI is InChI=1S/C9H9N3/c1-7-6-9(12-11-7)8-2-4-10-5-3-8/h2-5H,6H2,1H3. The Bertz CT molecular complexity index is 338. The third-order valence-corrected chi connectivity index (χ3v) is 1.78. The minimum atomic E-state index is 0.865. The molecule has 2 heterocycles. The number of rotatable bonds is 1. The monoisotopic (exact) mass is 159 g/mol. The van der Waals surface area contributed by atoms with Gasteiger partial charge in [0.05, 0.1) is 5.71 Å². The Kier molecular flexibility index (Phi) is 1.70. The van der Waals surface area contributed by atoms with E-state index in [-0.39, 0.29) is 0 Å². The van der Waals surface area contributed by atoms with Gasteiger partial charge in [-0.1, -0.05) is 0 Å². The summed E-state index contributed by atoms with van der Waals surface area (Å²) in [5.74, 6) is 0. The van der Waals surface area contributed by atoms with Crippen LogP contribution in [-0.4, -0.2) is 16.4 Å². The van der Waals surface area contributed by atoms with Crippen molar-refractivity contribution in [1.82, 2.24) is 4.98 Å². The second-order valence-corrected chi connectivity index (χ2v) is 2.79. The highest BCUT2D eigenvalue weighted by atomic mass is 15.2. The largest absolute Gasteiger partial charge is 0.265 e. The van der Waals surface area contributed by atoms with Gasteiger partial charge in [0.25, 0.3) is 0 Å². The first-order chi connectivity index (χ1) is 5.86. The zero-order valence-corrected chi connectivity index (χ0v) is 6.86. The third kappa shape index (κ3) is 1.25. The fourth-order valence-corrected chi connectivity index (χ4v) is 1.16. The molecule has 0 aromatic carbocycles. The molecule has 3 nitrogen and oxygen atoms in total. The van der Waals surface area contributed by atoms with Crippen molar-refractivity contribution in [2.24, 2.45) is 10.2 Å². The van der Waals surface area contributed by atoms with Crippen LogP contribution in [0.4, 0.5) is 0 Å². The summed E-state index contributed by atoms with van der Waals surface area (Å²) in [6, 6.07) is 3.90. The van der Waals surface area contributed by atoms with E-state index in [0.717, 1.165) is 23.4 Å². The smallest absolute Gasteiger partial charge is 0.0760 e. The summed E-state index contributed by atoms with van der Waals surface area (Å²) in [5, 5.41) is 8.04. The van der Waals surface area contributed by atoms with Crippen LogP contribution >= 0.6 is 0 Å². The Labute approximate surface area is 70.9 Å². The summed E-state index contributed by atoms with van der Waals surface area (Å²) >= 11 is 0.